The van der Waals surface area contributed by atoms with Crippen LogP contribution in [0, 0.1) is 12.7 Å². The SMILES string of the molecule is Cc1nnc(SCc2cc(F)cc3c2O[C@@H](c2ccccc2)OC3)n1C1CC1. The summed E-state index contributed by atoms with van der Waals surface area (Å²) in [5.41, 5.74) is 2.50. The molecule has 1 atom stereocenters. The van der Waals surface area contributed by atoms with Crippen molar-refractivity contribution in [3.05, 3.63) is 70.8 Å². The maximum Gasteiger partial charge on any atom is 0.227 e. The average Bonchev–Trinajstić information content (AvgIpc) is 3.48. The minimum atomic E-state index is -0.486. The van der Waals surface area contributed by atoms with Gasteiger partial charge in [0.15, 0.2) is 5.16 Å². The molecular weight excluding hydrogens is 377 g/mol. The van der Waals surface area contributed by atoms with Gasteiger partial charge >= 0.3 is 0 Å². The van der Waals surface area contributed by atoms with E-state index in [9.17, 15) is 4.39 Å². The van der Waals surface area contributed by atoms with Crippen LogP contribution in [0.25, 0.3) is 0 Å². The van der Waals surface area contributed by atoms with Gasteiger partial charge in [-0.3, -0.25) is 0 Å². The van der Waals surface area contributed by atoms with E-state index in [2.05, 4.69) is 14.8 Å². The quantitative estimate of drug-likeness (QED) is 0.570. The van der Waals surface area contributed by atoms with Crippen molar-refractivity contribution >= 4 is 11.8 Å². The van der Waals surface area contributed by atoms with Gasteiger partial charge in [-0.2, -0.15) is 0 Å². The zero-order valence-corrected chi connectivity index (χ0v) is 16.3. The Morgan fingerprint density at radius 2 is 2.00 bits per heavy atom. The third kappa shape index (κ3) is 3.40. The second-order valence-corrected chi connectivity index (χ2v) is 8.09. The van der Waals surface area contributed by atoms with Crippen LogP contribution >= 0.6 is 11.8 Å². The zero-order chi connectivity index (χ0) is 19.1. The van der Waals surface area contributed by atoms with Gasteiger partial charge in [0, 0.05) is 28.5 Å². The van der Waals surface area contributed by atoms with E-state index in [0.29, 0.717) is 24.2 Å². The fraction of sp³-hybridized carbons (Fsp3) is 0.333. The molecule has 0 N–H and O–H groups in total. The molecule has 0 spiro atoms. The summed E-state index contributed by atoms with van der Waals surface area (Å²) in [6.45, 7) is 2.30. The van der Waals surface area contributed by atoms with Gasteiger partial charge in [-0.05, 0) is 31.9 Å². The molecule has 0 unspecified atom stereocenters. The van der Waals surface area contributed by atoms with Crippen LogP contribution < -0.4 is 4.74 Å². The van der Waals surface area contributed by atoms with Gasteiger partial charge in [-0.25, -0.2) is 4.39 Å². The topological polar surface area (TPSA) is 49.2 Å². The number of ether oxygens (including phenoxy) is 2. The first-order valence-electron chi connectivity index (χ1n) is 9.38. The smallest absolute Gasteiger partial charge is 0.227 e. The number of fused-ring (bicyclic) bond motifs is 1. The van der Waals surface area contributed by atoms with E-state index in [-0.39, 0.29) is 5.82 Å². The van der Waals surface area contributed by atoms with Crippen molar-refractivity contribution in [3.8, 4) is 5.75 Å². The Morgan fingerprint density at radius 1 is 1.18 bits per heavy atom. The van der Waals surface area contributed by atoms with E-state index < -0.39 is 6.29 Å². The lowest BCUT2D eigenvalue weighted by molar-refractivity contribution is -0.112. The summed E-state index contributed by atoms with van der Waals surface area (Å²) in [5, 5.41) is 9.40. The van der Waals surface area contributed by atoms with Gasteiger partial charge < -0.3 is 14.0 Å². The molecule has 5 rings (SSSR count). The van der Waals surface area contributed by atoms with E-state index >= 15 is 0 Å². The summed E-state index contributed by atoms with van der Waals surface area (Å²) in [6, 6.07) is 13.3. The minimum absolute atomic E-state index is 0.278. The number of hydrogen-bond acceptors (Lipinski definition) is 5. The number of rotatable bonds is 5. The van der Waals surface area contributed by atoms with Crippen molar-refractivity contribution in [1.82, 2.24) is 14.8 Å². The lowest BCUT2D eigenvalue weighted by atomic mass is 10.1. The Morgan fingerprint density at radius 3 is 2.79 bits per heavy atom. The number of aryl methyl sites for hydroxylation is 1. The van der Waals surface area contributed by atoms with Crippen molar-refractivity contribution in [2.24, 2.45) is 0 Å². The van der Waals surface area contributed by atoms with Gasteiger partial charge in [0.1, 0.15) is 17.4 Å². The largest absolute Gasteiger partial charge is 0.460 e. The second kappa shape index (κ2) is 7.22. The van der Waals surface area contributed by atoms with Crippen LogP contribution in [0.2, 0.25) is 0 Å². The molecule has 28 heavy (non-hydrogen) atoms. The summed E-state index contributed by atoms with van der Waals surface area (Å²) in [7, 11) is 0. The predicted octanol–water partition coefficient (Wildman–Crippen LogP) is 4.96. The highest BCUT2D eigenvalue weighted by Crippen LogP contribution is 2.41. The molecule has 1 fully saturated rings. The highest BCUT2D eigenvalue weighted by Gasteiger charge is 2.29. The van der Waals surface area contributed by atoms with Crippen molar-refractivity contribution in [2.45, 2.75) is 49.6 Å². The van der Waals surface area contributed by atoms with E-state index in [1.807, 2.05) is 37.3 Å². The van der Waals surface area contributed by atoms with Crippen molar-refractivity contribution < 1.29 is 13.9 Å². The standard InChI is InChI=1S/C21H20FN3O2S/c1-13-23-24-21(25(13)18-7-8-18)28-12-16-10-17(22)9-15-11-26-20(27-19(15)16)14-5-3-2-4-6-14/h2-6,9-10,18,20H,7-8,11-12H2,1H3/t20-/m0/s1. The van der Waals surface area contributed by atoms with Crippen LogP contribution in [-0.4, -0.2) is 14.8 Å². The number of halogens is 1. The molecular formula is C21H20FN3O2S. The first-order valence-corrected chi connectivity index (χ1v) is 10.4. The molecule has 0 bridgehead atoms. The molecule has 5 nitrogen and oxygen atoms in total. The first-order chi connectivity index (χ1) is 13.7. The molecule has 2 aliphatic rings. The van der Waals surface area contributed by atoms with Crippen LogP contribution in [0.15, 0.2) is 47.6 Å². The van der Waals surface area contributed by atoms with Gasteiger partial charge in [-0.15, -0.1) is 10.2 Å². The molecule has 0 radical (unpaired) electrons. The normalized spacial score (nSPS) is 18.6. The first kappa shape index (κ1) is 17.7. The van der Waals surface area contributed by atoms with E-state index in [4.69, 9.17) is 9.47 Å². The fourth-order valence-electron chi connectivity index (χ4n) is 3.50. The van der Waals surface area contributed by atoms with Gasteiger partial charge in [0.2, 0.25) is 6.29 Å². The van der Waals surface area contributed by atoms with E-state index in [0.717, 1.165) is 27.7 Å². The number of aromatic nitrogens is 3. The molecule has 3 aromatic rings. The Hall–Kier alpha value is -2.38. The summed E-state index contributed by atoms with van der Waals surface area (Å²) in [6.07, 6.45) is 1.85. The zero-order valence-electron chi connectivity index (χ0n) is 15.5. The maximum atomic E-state index is 14.2. The van der Waals surface area contributed by atoms with Crippen LogP contribution in [-0.2, 0) is 17.1 Å². The molecule has 7 heteroatoms. The summed E-state index contributed by atoms with van der Waals surface area (Å²) < 4.78 is 28.3. The van der Waals surface area contributed by atoms with Crippen molar-refractivity contribution in [2.75, 3.05) is 0 Å². The molecule has 2 aromatic carbocycles. The van der Waals surface area contributed by atoms with E-state index in [1.54, 1.807) is 17.8 Å². The third-order valence-electron chi connectivity index (χ3n) is 5.00. The molecule has 1 aliphatic carbocycles. The Labute approximate surface area is 166 Å². The average molecular weight is 397 g/mol. The van der Waals surface area contributed by atoms with Crippen LogP contribution in [0.1, 0.15) is 47.7 Å². The maximum absolute atomic E-state index is 14.2. The summed E-state index contributed by atoms with van der Waals surface area (Å²) >= 11 is 1.57. The minimum Gasteiger partial charge on any atom is -0.460 e. The molecule has 1 saturated carbocycles. The second-order valence-electron chi connectivity index (χ2n) is 7.14. The molecule has 1 aliphatic heterocycles. The fourth-order valence-corrected chi connectivity index (χ4v) is 4.52. The van der Waals surface area contributed by atoms with Gasteiger partial charge in [0.05, 0.1) is 6.61 Å². The Kier molecular flexibility index (Phi) is 4.56. The number of thioether (sulfide) groups is 1. The van der Waals surface area contributed by atoms with Gasteiger partial charge in [-0.1, -0.05) is 42.1 Å². The predicted molar refractivity (Wildman–Crippen MR) is 104 cm³/mol. The van der Waals surface area contributed by atoms with Gasteiger partial charge in [0.25, 0.3) is 0 Å². The van der Waals surface area contributed by atoms with Crippen LogP contribution in [0.5, 0.6) is 5.75 Å². The van der Waals surface area contributed by atoms with Crippen LogP contribution in [0.3, 0.4) is 0 Å². The monoisotopic (exact) mass is 397 g/mol. The lowest BCUT2D eigenvalue weighted by Gasteiger charge is -2.28. The Bertz CT molecular complexity index is 1000. The number of nitrogens with zero attached hydrogens (tertiary/aromatic N) is 3. The number of hydrogen-bond donors (Lipinski definition) is 0. The highest BCUT2D eigenvalue weighted by molar-refractivity contribution is 7.98. The summed E-state index contributed by atoms with van der Waals surface area (Å²) in [4.78, 5) is 0. The molecule has 0 amide bonds. The molecule has 2 heterocycles. The summed E-state index contributed by atoms with van der Waals surface area (Å²) in [5.74, 6) is 1.93. The van der Waals surface area contributed by atoms with Crippen molar-refractivity contribution in [1.29, 1.82) is 0 Å². The van der Waals surface area contributed by atoms with Crippen molar-refractivity contribution in [3.63, 3.8) is 0 Å². The van der Waals surface area contributed by atoms with Crippen LogP contribution in [0.4, 0.5) is 4.39 Å². The molecule has 1 aromatic heterocycles. The molecule has 144 valence electrons. The molecule has 0 saturated heterocycles. The lowest BCUT2D eigenvalue weighted by Crippen LogP contribution is -2.19. The Balaban J connectivity index is 1.41. The number of benzene rings is 2. The third-order valence-corrected chi connectivity index (χ3v) is 5.99. The highest BCUT2D eigenvalue weighted by atomic mass is 32.2. The van der Waals surface area contributed by atoms with E-state index in [1.165, 1.54) is 18.9 Å².